The standard InChI is InChI=1S/C22H25N5O2S/c1-17-3-2-4-19(25-17)15-26-11-13-27(14-12-26)22(28)29-20-7-5-18(6-8-20)16-30-21-23-9-10-24-21/h2-10H,11-16H2,1H3,(H,23,24). The maximum atomic E-state index is 12.5. The van der Waals surface area contributed by atoms with E-state index in [0.717, 1.165) is 47.5 Å². The number of nitrogens with one attached hydrogen (secondary N) is 1. The molecule has 2 aromatic heterocycles. The normalized spacial score (nSPS) is 14.6. The number of H-pyrrole nitrogens is 1. The highest BCUT2D eigenvalue weighted by atomic mass is 32.2. The highest BCUT2D eigenvalue weighted by molar-refractivity contribution is 7.98. The van der Waals surface area contributed by atoms with Gasteiger partial charge in [-0.05, 0) is 36.8 Å². The van der Waals surface area contributed by atoms with E-state index < -0.39 is 0 Å². The molecule has 30 heavy (non-hydrogen) atoms. The van der Waals surface area contributed by atoms with E-state index in [1.165, 1.54) is 0 Å². The number of aromatic nitrogens is 3. The van der Waals surface area contributed by atoms with Crippen LogP contribution in [0.5, 0.6) is 5.75 Å². The summed E-state index contributed by atoms with van der Waals surface area (Å²) in [6.45, 7) is 5.75. The summed E-state index contributed by atoms with van der Waals surface area (Å²) in [5.74, 6) is 1.37. The summed E-state index contributed by atoms with van der Waals surface area (Å²) in [4.78, 5) is 28.4. The largest absolute Gasteiger partial charge is 0.415 e. The van der Waals surface area contributed by atoms with Gasteiger partial charge in [0.05, 0.1) is 5.69 Å². The summed E-state index contributed by atoms with van der Waals surface area (Å²) in [6, 6.07) is 13.7. The number of amides is 1. The second-order valence-electron chi connectivity index (χ2n) is 7.23. The molecule has 1 saturated heterocycles. The van der Waals surface area contributed by atoms with Crippen molar-refractivity contribution in [1.29, 1.82) is 0 Å². The van der Waals surface area contributed by atoms with E-state index >= 15 is 0 Å². The number of hydrogen-bond acceptors (Lipinski definition) is 6. The summed E-state index contributed by atoms with van der Waals surface area (Å²) in [7, 11) is 0. The number of nitrogens with zero attached hydrogens (tertiary/aromatic N) is 4. The molecule has 3 aromatic rings. The Labute approximate surface area is 180 Å². The van der Waals surface area contributed by atoms with Crippen LogP contribution in [0.25, 0.3) is 0 Å². The van der Waals surface area contributed by atoms with Crippen LogP contribution in [-0.2, 0) is 12.3 Å². The van der Waals surface area contributed by atoms with E-state index in [9.17, 15) is 4.79 Å². The van der Waals surface area contributed by atoms with Gasteiger partial charge in [-0.2, -0.15) is 0 Å². The van der Waals surface area contributed by atoms with Gasteiger partial charge in [-0.3, -0.25) is 9.88 Å². The fourth-order valence-corrected chi connectivity index (χ4v) is 4.09. The molecule has 0 atom stereocenters. The van der Waals surface area contributed by atoms with E-state index in [2.05, 4.69) is 19.9 Å². The molecule has 1 N–H and O–H groups in total. The average molecular weight is 424 g/mol. The Morgan fingerprint density at radius 2 is 1.93 bits per heavy atom. The molecule has 1 aliphatic rings. The van der Waals surface area contributed by atoms with Gasteiger partial charge in [0.15, 0.2) is 5.16 Å². The summed E-state index contributed by atoms with van der Waals surface area (Å²) in [5, 5.41) is 0.892. The van der Waals surface area contributed by atoms with Crippen molar-refractivity contribution in [2.75, 3.05) is 26.2 Å². The lowest BCUT2D eigenvalue weighted by molar-refractivity contribution is 0.107. The molecule has 8 heteroatoms. The molecule has 0 unspecified atom stereocenters. The summed E-state index contributed by atoms with van der Waals surface area (Å²) in [5.41, 5.74) is 3.24. The quantitative estimate of drug-likeness (QED) is 0.609. The Bertz CT molecular complexity index is 954. The molecular formula is C22H25N5O2S. The van der Waals surface area contributed by atoms with Gasteiger partial charge in [-0.1, -0.05) is 30.0 Å². The number of carbonyl (C=O) groups excluding carboxylic acids is 1. The molecule has 0 saturated carbocycles. The molecule has 1 aliphatic heterocycles. The van der Waals surface area contributed by atoms with Crippen LogP contribution < -0.4 is 4.74 Å². The van der Waals surface area contributed by atoms with Gasteiger partial charge in [-0.25, -0.2) is 9.78 Å². The van der Waals surface area contributed by atoms with Crippen LogP contribution >= 0.6 is 11.8 Å². The number of aryl methyl sites for hydroxylation is 1. The number of hydrogen-bond donors (Lipinski definition) is 1. The Morgan fingerprint density at radius 1 is 1.13 bits per heavy atom. The topological polar surface area (TPSA) is 74.3 Å². The maximum Gasteiger partial charge on any atom is 0.415 e. The van der Waals surface area contributed by atoms with Crippen molar-refractivity contribution in [3.63, 3.8) is 0 Å². The average Bonchev–Trinajstić information content (AvgIpc) is 3.27. The summed E-state index contributed by atoms with van der Waals surface area (Å²) < 4.78 is 5.56. The number of aromatic amines is 1. The second kappa shape index (κ2) is 9.77. The molecule has 0 aliphatic carbocycles. The molecular weight excluding hydrogens is 398 g/mol. The van der Waals surface area contributed by atoms with Crippen LogP contribution in [0.4, 0.5) is 4.79 Å². The lowest BCUT2D eigenvalue weighted by atomic mass is 10.2. The minimum absolute atomic E-state index is 0.291. The Hall–Kier alpha value is -2.84. The highest BCUT2D eigenvalue weighted by Crippen LogP contribution is 2.21. The molecule has 3 heterocycles. The van der Waals surface area contributed by atoms with E-state index in [-0.39, 0.29) is 6.09 Å². The zero-order valence-electron chi connectivity index (χ0n) is 17.0. The number of benzene rings is 1. The molecule has 1 fully saturated rings. The molecule has 0 bridgehead atoms. The minimum atomic E-state index is -0.291. The number of imidazole rings is 1. The summed E-state index contributed by atoms with van der Waals surface area (Å²) >= 11 is 1.63. The Morgan fingerprint density at radius 3 is 2.63 bits per heavy atom. The second-order valence-corrected chi connectivity index (χ2v) is 8.19. The lowest BCUT2D eigenvalue weighted by Crippen LogP contribution is -2.49. The Balaban J connectivity index is 1.22. The minimum Gasteiger partial charge on any atom is -0.410 e. The van der Waals surface area contributed by atoms with E-state index in [4.69, 9.17) is 4.74 Å². The zero-order chi connectivity index (χ0) is 20.8. The van der Waals surface area contributed by atoms with Crippen molar-refractivity contribution >= 4 is 17.9 Å². The van der Waals surface area contributed by atoms with Gasteiger partial charge in [-0.15, -0.1) is 0 Å². The maximum absolute atomic E-state index is 12.5. The van der Waals surface area contributed by atoms with Crippen LogP contribution in [0.2, 0.25) is 0 Å². The molecule has 0 spiro atoms. The third kappa shape index (κ3) is 5.61. The first-order valence-electron chi connectivity index (χ1n) is 9.98. The van der Waals surface area contributed by atoms with Gasteiger partial charge >= 0.3 is 6.09 Å². The molecule has 4 rings (SSSR count). The van der Waals surface area contributed by atoms with Gasteiger partial charge in [0.1, 0.15) is 5.75 Å². The predicted octanol–water partition coefficient (Wildman–Crippen LogP) is 3.72. The van der Waals surface area contributed by atoms with Gasteiger partial charge in [0.2, 0.25) is 0 Å². The van der Waals surface area contributed by atoms with Gasteiger partial charge in [0, 0.05) is 56.6 Å². The number of rotatable bonds is 6. The lowest BCUT2D eigenvalue weighted by Gasteiger charge is -2.33. The number of ether oxygens (including phenoxy) is 1. The molecule has 7 nitrogen and oxygen atoms in total. The first-order chi connectivity index (χ1) is 14.7. The predicted molar refractivity (Wildman–Crippen MR) is 116 cm³/mol. The molecule has 1 aromatic carbocycles. The van der Waals surface area contributed by atoms with E-state index in [1.54, 1.807) is 22.9 Å². The first-order valence-corrected chi connectivity index (χ1v) is 11.0. The van der Waals surface area contributed by atoms with E-state index in [1.807, 2.05) is 55.6 Å². The first kappa shape index (κ1) is 20.4. The number of carbonyl (C=O) groups is 1. The highest BCUT2D eigenvalue weighted by Gasteiger charge is 2.23. The number of piperazine rings is 1. The van der Waals surface area contributed by atoms with Crippen molar-refractivity contribution in [1.82, 2.24) is 24.8 Å². The fourth-order valence-electron chi connectivity index (χ4n) is 3.31. The van der Waals surface area contributed by atoms with Crippen LogP contribution in [0.15, 0.2) is 60.0 Å². The van der Waals surface area contributed by atoms with Crippen LogP contribution in [-0.4, -0.2) is 57.0 Å². The number of thioether (sulfide) groups is 1. The number of pyridine rings is 1. The van der Waals surface area contributed by atoms with Crippen LogP contribution in [0.1, 0.15) is 17.0 Å². The molecule has 156 valence electrons. The SMILES string of the molecule is Cc1cccc(CN2CCN(C(=O)Oc3ccc(CSc4ncc[nH]4)cc3)CC2)n1. The van der Waals surface area contributed by atoms with Gasteiger partial charge < -0.3 is 14.6 Å². The third-order valence-corrected chi connectivity index (χ3v) is 5.91. The third-order valence-electron chi connectivity index (χ3n) is 4.94. The van der Waals surface area contributed by atoms with Crippen molar-refractivity contribution in [2.45, 2.75) is 24.4 Å². The van der Waals surface area contributed by atoms with Crippen molar-refractivity contribution in [3.05, 3.63) is 71.8 Å². The summed E-state index contributed by atoms with van der Waals surface area (Å²) in [6.07, 6.45) is 3.26. The fraction of sp³-hybridized carbons (Fsp3) is 0.318. The molecule has 1 amide bonds. The van der Waals surface area contributed by atoms with Crippen LogP contribution in [0.3, 0.4) is 0 Å². The molecule has 0 radical (unpaired) electrons. The van der Waals surface area contributed by atoms with Crippen molar-refractivity contribution in [3.8, 4) is 5.75 Å². The smallest absolute Gasteiger partial charge is 0.410 e. The zero-order valence-corrected chi connectivity index (χ0v) is 17.8. The Kier molecular flexibility index (Phi) is 6.66. The van der Waals surface area contributed by atoms with Crippen molar-refractivity contribution in [2.24, 2.45) is 0 Å². The van der Waals surface area contributed by atoms with Gasteiger partial charge in [0.25, 0.3) is 0 Å². The van der Waals surface area contributed by atoms with E-state index in [0.29, 0.717) is 18.8 Å². The van der Waals surface area contributed by atoms with Crippen LogP contribution in [0, 0.1) is 6.92 Å². The monoisotopic (exact) mass is 423 g/mol. The van der Waals surface area contributed by atoms with Crippen molar-refractivity contribution < 1.29 is 9.53 Å².